The Bertz CT molecular complexity index is 667. The van der Waals surface area contributed by atoms with Crippen LogP contribution in [0.2, 0.25) is 0 Å². The molecule has 3 rings (SSSR count). The van der Waals surface area contributed by atoms with E-state index in [-0.39, 0.29) is 16.8 Å². The number of hydrogen-bond donors (Lipinski definition) is 0. The number of Topliss-reactive ketones (excluding diaryl/α,β-unsaturated/α-hetero) is 1. The second-order valence-electron chi connectivity index (χ2n) is 6.31. The number of esters is 1. The van der Waals surface area contributed by atoms with Crippen LogP contribution in [0.3, 0.4) is 0 Å². The third-order valence-electron chi connectivity index (χ3n) is 4.35. The van der Waals surface area contributed by atoms with Crippen LogP contribution in [0.15, 0.2) is 54.1 Å². The molecule has 2 aliphatic rings. The van der Waals surface area contributed by atoms with Gasteiger partial charge in [-0.1, -0.05) is 50.3 Å². The lowest BCUT2D eigenvalue weighted by Gasteiger charge is -2.36. The van der Waals surface area contributed by atoms with Gasteiger partial charge in [0, 0.05) is 24.0 Å². The van der Waals surface area contributed by atoms with E-state index in [9.17, 15) is 9.59 Å². The third-order valence-corrected chi connectivity index (χ3v) is 4.35. The molecular weight excluding hydrogens is 264 g/mol. The Kier molecular flexibility index (Phi) is 2.90. The molecule has 3 nitrogen and oxygen atoms in total. The fourth-order valence-electron chi connectivity index (χ4n) is 3.66. The van der Waals surface area contributed by atoms with Crippen LogP contribution in [0.4, 0.5) is 0 Å². The van der Waals surface area contributed by atoms with Crippen molar-refractivity contribution in [3.05, 3.63) is 59.7 Å². The molecule has 0 saturated heterocycles. The molecular formula is C18H18O3. The lowest BCUT2D eigenvalue weighted by molar-refractivity contribution is -0.149. The van der Waals surface area contributed by atoms with Crippen molar-refractivity contribution in [3.63, 3.8) is 0 Å². The number of rotatable bonds is 3. The molecule has 0 N–H and O–H groups in total. The van der Waals surface area contributed by atoms with Crippen molar-refractivity contribution >= 4 is 11.8 Å². The quantitative estimate of drug-likeness (QED) is 0.485. The number of benzene rings is 1. The fraction of sp³-hybridized carbons (Fsp3) is 0.333. The minimum atomic E-state index is -0.884. The van der Waals surface area contributed by atoms with Crippen LogP contribution < -0.4 is 0 Å². The van der Waals surface area contributed by atoms with Crippen molar-refractivity contribution in [2.24, 2.45) is 5.41 Å². The van der Waals surface area contributed by atoms with Gasteiger partial charge in [0.2, 0.25) is 0 Å². The van der Waals surface area contributed by atoms with E-state index < -0.39 is 11.6 Å². The van der Waals surface area contributed by atoms with E-state index >= 15 is 0 Å². The second kappa shape index (κ2) is 4.42. The zero-order valence-electron chi connectivity index (χ0n) is 12.3. The molecule has 1 aromatic carbocycles. The van der Waals surface area contributed by atoms with Gasteiger partial charge < -0.3 is 4.74 Å². The first kappa shape index (κ1) is 13.8. The van der Waals surface area contributed by atoms with Crippen LogP contribution in [0.1, 0.15) is 32.3 Å². The highest BCUT2D eigenvalue weighted by Crippen LogP contribution is 2.56. The first-order chi connectivity index (χ1) is 9.92. The number of carbonyl (C=O) groups excluding carboxylic acids is 2. The summed E-state index contributed by atoms with van der Waals surface area (Å²) < 4.78 is 5.74. The lowest BCUT2D eigenvalue weighted by atomic mass is 9.72. The van der Waals surface area contributed by atoms with E-state index in [1.54, 1.807) is 6.08 Å². The molecule has 0 radical (unpaired) electrons. The number of ketones is 1. The number of carbonyl (C=O) groups is 2. The molecule has 1 aromatic rings. The van der Waals surface area contributed by atoms with Gasteiger partial charge in [-0.15, -0.1) is 6.58 Å². The summed E-state index contributed by atoms with van der Waals surface area (Å²) >= 11 is 0. The van der Waals surface area contributed by atoms with Gasteiger partial charge in [0.1, 0.15) is 5.57 Å². The molecule has 108 valence electrons. The summed E-state index contributed by atoms with van der Waals surface area (Å²) in [6.45, 7) is 7.79. The Morgan fingerprint density at radius 3 is 2.52 bits per heavy atom. The van der Waals surface area contributed by atoms with Gasteiger partial charge in [0.25, 0.3) is 0 Å². The molecule has 0 aromatic heterocycles. The Labute approximate surface area is 124 Å². The van der Waals surface area contributed by atoms with Crippen molar-refractivity contribution in [3.8, 4) is 0 Å². The first-order valence-corrected chi connectivity index (χ1v) is 7.10. The highest BCUT2D eigenvalue weighted by atomic mass is 16.6. The predicted molar refractivity (Wildman–Crippen MR) is 79.5 cm³/mol. The zero-order valence-corrected chi connectivity index (χ0v) is 12.3. The largest absolute Gasteiger partial charge is 0.445 e. The van der Waals surface area contributed by atoms with Crippen molar-refractivity contribution in [2.75, 3.05) is 0 Å². The Hall–Kier alpha value is -2.16. The van der Waals surface area contributed by atoms with Crippen LogP contribution in [-0.4, -0.2) is 11.8 Å². The van der Waals surface area contributed by atoms with Gasteiger partial charge in [0.05, 0.1) is 0 Å². The summed E-state index contributed by atoms with van der Waals surface area (Å²) in [7, 11) is 0. The maximum Gasteiger partial charge on any atom is 0.343 e. The summed E-state index contributed by atoms with van der Waals surface area (Å²) in [6, 6.07) is 9.62. The van der Waals surface area contributed by atoms with Crippen LogP contribution in [0, 0.1) is 5.41 Å². The Morgan fingerprint density at radius 1 is 1.24 bits per heavy atom. The molecule has 1 atom stereocenters. The summed E-state index contributed by atoms with van der Waals surface area (Å²) in [5.74, 6) is -0.604. The molecule has 0 amide bonds. The van der Waals surface area contributed by atoms with Crippen LogP contribution in [0.25, 0.3) is 0 Å². The minimum Gasteiger partial charge on any atom is -0.445 e. The maximum absolute atomic E-state index is 12.3. The van der Waals surface area contributed by atoms with Crippen LogP contribution in [0.5, 0.6) is 0 Å². The summed E-state index contributed by atoms with van der Waals surface area (Å²) in [5.41, 5.74) is 0.704. The maximum atomic E-state index is 12.3. The van der Waals surface area contributed by atoms with Crippen LogP contribution in [-0.2, 0) is 19.9 Å². The van der Waals surface area contributed by atoms with Gasteiger partial charge >= 0.3 is 5.97 Å². The average Bonchev–Trinajstić information content (AvgIpc) is 2.87. The summed E-state index contributed by atoms with van der Waals surface area (Å²) in [4.78, 5) is 24.5. The Balaban J connectivity index is 2.28. The molecule has 0 bridgehead atoms. The summed E-state index contributed by atoms with van der Waals surface area (Å²) in [6.07, 6.45) is 2.58. The van der Waals surface area contributed by atoms with E-state index in [2.05, 4.69) is 6.58 Å². The van der Waals surface area contributed by atoms with Gasteiger partial charge in [0.15, 0.2) is 11.4 Å². The highest BCUT2D eigenvalue weighted by Gasteiger charge is 2.58. The first-order valence-electron chi connectivity index (χ1n) is 7.10. The van der Waals surface area contributed by atoms with Crippen molar-refractivity contribution in [1.29, 1.82) is 0 Å². The van der Waals surface area contributed by atoms with Gasteiger partial charge in [-0.2, -0.15) is 0 Å². The normalized spacial score (nSPS) is 26.8. The number of ether oxygens (including phenoxy) is 1. The van der Waals surface area contributed by atoms with Gasteiger partial charge in [-0.05, 0) is 5.41 Å². The van der Waals surface area contributed by atoms with Crippen molar-refractivity contribution in [2.45, 2.75) is 32.3 Å². The SMILES string of the molecule is C=CCC1(c2ccccc2)OC(=O)C2=C1C(C)(C)CC2=O. The molecule has 0 fully saturated rings. The molecule has 1 heterocycles. The molecule has 21 heavy (non-hydrogen) atoms. The predicted octanol–water partition coefficient (Wildman–Crippen LogP) is 3.31. The number of hydrogen-bond acceptors (Lipinski definition) is 3. The molecule has 1 aliphatic heterocycles. The number of cyclic esters (lactones) is 1. The summed E-state index contributed by atoms with van der Waals surface area (Å²) in [5, 5.41) is 0. The molecule has 1 aliphatic carbocycles. The zero-order chi connectivity index (χ0) is 15.3. The van der Waals surface area contributed by atoms with E-state index in [4.69, 9.17) is 4.74 Å². The third kappa shape index (κ3) is 1.80. The highest BCUT2D eigenvalue weighted by molar-refractivity contribution is 6.22. The van der Waals surface area contributed by atoms with Crippen molar-refractivity contribution < 1.29 is 14.3 Å². The van der Waals surface area contributed by atoms with Gasteiger partial charge in [-0.3, -0.25) is 4.79 Å². The van der Waals surface area contributed by atoms with E-state index in [1.807, 2.05) is 44.2 Å². The second-order valence-corrected chi connectivity index (χ2v) is 6.31. The van der Waals surface area contributed by atoms with Crippen LogP contribution >= 0.6 is 0 Å². The standard InChI is InChI=1S/C18H18O3/c1-4-10-18(12-8-6-5-7-9-12)15-14(16(20)21-18)13(19)11-17(15,2)3/h4-9H,1,10-11H2,2-3H3. The van der Waals surface area contributed by atoms with E-state index in [0.717, 1.165) is 11.1 Å². The average molecular weight is 282 g/mol. The Morgan fingerprint density at radius 2 is 1.90 bits per heavy atom. The molecule has 1 unspecified atom stereocenters. The van der Waals surface area contributed by atoms with Gasteiger partial charge in [-0.25, -0.2) is 4.79 Å². The fourth-order valence-corrected chi connectivity index (χ4v) is 3.66. The van der Waals surface area contributed by atoms with Crippen molar-refractivity contribution in [1.82, 2.24) is 0 Å². The van der Waals surface area contributed by atoms with E-state index in [1.165, 1.54) is 0 Å². The topological polar surface area (TPSA) is 43.4 Å². The lowest BCUT2D eigenvalue weighted by Crippen LogP contribution is -2.35. The molecule has 3 heteroatoms. The minimum absolute atomic E-state index is 0.109. The molecule has 0 saturated carbocycles. The molecule has 0 spiro atoms. The van der Waals surface area contributed by atoms with E-state index in [0.29, 0.717) is 12.8 Å². The smallest absolute Gasteiger partial charge is 0.343 e. The monoisotopic (exact) mass is 282 g/mol.